The number of aryl methyl sites for hydroxylation is 1. The molecular weight excluding hydrogens is 348 g/mol. The molecule has 1 amide bonds. The molecule has 28 heavy (non-hydrogen) atoms. The van der Waals surface area contributed by atoms with E-state index in [1.807, 2.05) is 18.2 Å². The molecule has 1 unspecified atom stereocenters. The van der Waals surface area contributed by atoms with E-state index in [0.717, 1.165) is 43.1 Å². The summed E-state index contributed by atoms with van der Waals surface area (Å²) < 4.78 is 0. The minimum atomic E-state index is -0.330. The Morgan fingerprint density at radius 3 is 2.68 bits per heavy atom. The molecule has 1 saturated heterocycles. The van der Waals surface area contributed by atoms with Crippen molar-refractivity contribution in [2.24, 2.45) is 5.92 Å². The molecule has 3 N–H and O–H groups in total. The van der Waals surface area contributed by atoms with Crippen molar-refractivity contribution in [1.29, 1.82) is 0 Å². The van der Waals surface area contributed by atoms with Crippen molar-refractivity contribution in [3.8, 4) is 0 Å². The molecular formula is C23H32N4O. The standard InChI is InChI=1S/C23H32N4O/c1-17-4-3-5-21(18(17)2)22(26-15-10-19-6-11-24-12-7-19)23(28)27-16-20-8-13-25-14-9-20/h3-5,8-9,13-14,19,22,24,26H,6-7,10-12,15-16H2,1-2H3,(H,27,28). The molecule has 1 aromatic heterocycles. The van der Waals surface area contributed by atoms with Crippen molar-refractivity contribution < 1.29 is 4.79 Å². The van der Waals surface area contributed by atoms with E-state index in [9.17, 15) is 4.79 Å². The van der Waals surface area contributed by atoms with E-state index in [4.69, 9.17) is 0 Å². The van der Waals surface area contributed by atoms with Crippen molar-refractivity contribution in [2.75, 3.05) is 19.6 Å². The first-order valence-corrected chi connectivity index (χ1v) is 10.3. The Balaban J connectivity index is 1.66. The van der Waals surface area contributed by atoms with Gasteiger partial charge in [0.25, 0.3) is 0 Å². The number of aromatic nitrogens is 1. The Hall–Kier alpha value is -2.24. The first kappa shape index (κ1) is 20.5. The zero-order valence-electron chi connectivity index (χ0n) is 17.0. The highest BCUT2D eigenvalue weighted by Crippen LogP contribution is 2.22. The van der Waals surface area contributed by atoms with Gasteiger partial charge in [-0.15, -0.1) is 0 Å². The van der Waals surface area contributed by atoms with E-state index < -0.39 is 0 Å². The highest BCUT2D eigenvalue weighted by atomic mass is 16.2. The number of carbonyl (C=O) groups excluding carboxylic acids is 1. The van der Waals surface area contributed by atoms with Gasteiger partial charge in [0, 0.05) is 18.9 Å². The lowest BCUT2D eigenvalue weighted by molar-refractivity contribution is -0.123. The molecule has 150 valence electrons. The molecule has 5 heteroatoms. The number of piperidine rings is 1. The highest BCUT2D eigenvalue weighted by molar-refractivity contribution is 5.83. The quantitative estimate of drug-likeness (QED) is 0.659. The molecule has 5 nitrogen and oxygen atoms in total. The lowest BCUT2D eigenvalue weighted by atomic mass is 9.93. The minimum absolute atomic E-state index is 0.0239. The van der Waals surface area contributed by atoms with Crippen LogP contribution in [0.15, 0.2) is 42.7 Å². The predicted octanol–water partition coefficient (Wildman–Crippen LogP) is 3.04. The van der Waals surface area contributed by atoms with Crippen LogP contribution in [-0.2, 0) is 11.3 Å². The molecule has 0 radical (unpaired) electrons. The number of amides is 1. The Morgan fingerprint density at radius 1 is 1.18 bits per heavy atom. The van der Waals surface area contributed by atoms with Gasteiger partial charge in [-0.1, -0.05) is 18.2 Å². The number of hydrogen-bond donors (Lipinski definition) is 3. The summed E-state index contributed by atoms with van der Waals surface area (Å²) in [5.41, 5.74) is 4.51. The minimum Gasteiger partial charge on any atom is -0.350 e. The summed E-state index contributed by atoms with van der Waals surface area (Å²) in [5.74, 6) is 0.767. The van der Waals surface area contributed by atoms with Crippen LogP contribution in [0.5, 0.6) is 0 Å². The number of nitrogens with zero attached hydrogens (tertiary/aromatic N) is 1. The maximum atomic E-state index is 13.1. The van der Waals surface area contributed by atoms with Crippen LogP contribution in [0.3, 0.4) is 0 Å². The summed E-state index contributed by atoms with van der Waals surface area (Å²) in [7, 11) is 0. The second kappa shape index (κ2) is 10.3. The largest absolute Gasteiger partial charge is 0.350 e. The van der Waals surface area contributed by atoms with Gasteiger partial charge in [-0.05, 0) is 93.0 Å². The zero-order chi connectivity index (χ0) is 19.8. The van der Waals surface area contributed by atoms with Gasteiger partial charge < -0.3 is 16.0 Å². The summed E-state index contributed by atoms with van der Waals surface area (Å²) in [6.07, 6.45) is 7.07. The summed E-state index contributed by atoms with van der Waals surface area (Å²) in [5, 5.41) is 10.1. The molecule has 0 aliphatic carbocycles. The fourth-order valence-electron chi connectivity index (χ4n) is 3.82. The highest BCUT2D eigenvalue weighted by Gasteiger charge is 2.23. The van der Waals surface area contributed by atoms with Crippen LogP contribution < -0.4 is 16.0 Å². The average Bonchev–Trinajstić information content (AvgIpc) is 2.73. The van der Waals surface area contributed by atoms with E-state index in [2.05, 4.69) is 46.9 Å². The van der Waals surface area contributed by atoms with Crippen molar-refractivity contribution >= 4 is 5.91 Å². The normalized spacial score (nSPS) is 15.9. The SMILES string of the molecule is Cc1cccc(C(NCCC2CCNCC2)C(=O)NCc2ccncc2)c1C. The van der Waals surface area contributed by atoms with Gasteiger partial charge in [0.2, 0.25) is 5.91 Å². The fourth-order valence-corrected chi connectivity index (χ4v) is 3.82. The topological polar surface area (TPSA) is 66.0 Å². The monoisotopic (exact) mass is 380 g/mol. The van der Waals surface area contributed by atoms with Gasteiger partial charge in [-0.3, -0.25) is 9.78 Å². The second-order valence-electron chi connectivity index (χ2n) is 7.73. The summed E-state index contributed by atoms with van der Waals surface area (Å²) in [6.45, 7) is 7.78. The van der Waals surface area contributed by atoms with E-state index >= 15 is 0 Å². The Kier molecular flexibility index (Phi) is 7.57. The Labute approximate surface area is 168 Å². The third kappa shape index (κ3) is 5.63. The van der Waals surface area contributed by atoms with Gasteiger partial charge in [-0.2, -0.15) is 0 Å². The number of nitrogens with one attached hydrogen (secondary N) is 3. The van der Waals surface area contributed by atoms with E-state index in [-0.39, 0.29) is 11.9 Å². The van der Waals surface area contributed by atoms with Gasteiger partial charge >= 0.3 is 0 Å². The molecule has 1 atom stereocenters. The third-order valence-corrected chi connectivity index (χ3v) is 5.80. The first-order valence-electron chi connectivity index (χ1n) is 10.3. The van der Waals surface area contributed by atoms with Crippen molar-refractivity contribution in [3.05, 3.63) is 65.0 Å². The molecule has 3 rings (SSSR count). The zero-order valence-corrected chi connectivity index (χ0v) is 17.0. The molecule has 2 heterocycles. The lowest BCUT2D eigenvalue weighted by Crippen LogP contribution is -2.39. The number of hydrogen-bond acceptors (Lipinski definition) is 4. The van der Waals surface area contributed by atoms with E-state index in [1.165, 1.54) is 24.0 Å². The smallest absolute Gasteiger partial charge is 0.242 e. The van der Waals surface area contributed by atoms with Crippen LogP contribution in [0, 0.1) is 19.8 Å². The number of benzene rings is 1. The maximum Gasteiger partial charge on any atom is 0.242 e. The van der Waals surface area contributed by atoms with Gasteiger partial charge in [0.1, 0.15) is 6.04 Å². The number of pyridine rings is 1. The van der Waals surface area contributed by atoms with Gasteiger partial charge in [-0.25, -0.2) is 0 Å². The molecule has 1 aliphatic heterocycles. The van der Waals surface area contributed by atoms with Crippen LogP contribution in [0.1, 0.15) is 47.6 Å². The van der Waals surface area contributed by atoms with E-state index in [0.29, 0.717) is 6.54 Å². The molecule has 1 aliphatic rings. The molecule has 1 aromatic carbocycles. The van der Waals surface area contributed by atoms with Crippen molar-refractivity contribution in [2.45, 2.75) is 45.7 Å². The number of rotatable bonds is 8. The number of carbonyl (C=O) groups is 1. The lowest BCUT2D eigenvalue weighted by Gasteiger charge is -2.25. The van der Waals surface area contributed by atoms with Crippen molar-refractivity contribution in [1.82, 2.24) is 20.9 Å². The molecule has 0 spiro atoms. The van der Waals surface area contributed by atoms with Crippen LogP contribution >= 0.6 is 0 Å². The molecule has 0 saturated carbocycles. The second-order valence-corrected chi connectivity index (χ2v) is 7.73. The molecule has 0 bridgehead atoms. The van der Waals surface area contributed by atoms with Crippen LogP contribution in [0.4, 0.5) is 0 Å². The molecule has 1 fully saturated rings. The predicted molar refractivity (Wildman–Crippen MR) is 113 cm³/mol. The van der Waals surface area contributed by atoms with Crippen LogP contribution in [0.25, 0.3) is 0 Å². The molecule has 2 aromatic rings. The third-order valence-electron chi connectivity index (χ3n) is 5.80. The summed E-state index contributed by atoms with van der Waals surface area (Å²) >= 11 is 0. The summed E-state index contributed by atoms with van der Waals surface area (Å²) in [6, 6.07) is 9.73. The van der Waals surface area contributed by atoms with E-state index in [1.54, 1.807) is 12.4 Å². The van der Waals surface area contributed by atoms with Crippen LogP contribution in [-0.4, -0.2) is 30.5 Å². The average molecular weight is 381 g/mol. The Bertz CT molecular complexity index is 756. The van der Waals surface area contributed by atoms with Gasteiger partial charge in [0.15, 0.2) is 0 Å². The fraction of sp³-hybridized carbons (Fsp3) is 0.478. The first-order chi connectivity index (χ1) is 13.6. The van der Waals surface area contributed by atoms with Crippen molar-refractivity contribution in [3.63, 3.8) is 0 Å². The Morgan fingerprint density at radius 2 is 1.93 bits per heavy atom. The summed E-state index contributed by atoms with van der Waals surface area (Å²) in [4.78, 5) is 17.1. The maximum absolute atomic E-state index is 13.1. The van der Waals surface area contributed by atoms with Crippen LogP contribution in [0.2, 0.25) is 0 Å². The van der Waals surface area contributed by atoms with Gasteiger partial charge in [0.05, 0.1) is 0 Å².